The molecule has 33 heavy (non-hydrogen) atoms. The molecule has 1 aliphatic rings. The van der Waals surface area contributed by atoms with E-state index in [0.29, 0.717) is 28.4 Å². The Labute approximate surface area is 194 Å². The van der Waals surface area contributed by atoms with Crippen molar-refractivity contribution >= 4 is 23.2 Å². The van der Waals surface area contributed by atoms with E-state index < -0.39 is 0 Å². The van der Waals surface area contributed by atoms with E-state index in [2.05, 4.69) is 27.7 Å². The molecule has 3 aromatic rings. The second-order valence-electron chi connectivity index (χ2n) is 8.49. The predicted molar refractivity (Wildman–Crippen MR) is 132 cm³/mol. The van der Waals surface area contributed by atoms with Gasteiger partial charge < -0.3 is 16.4 Å². The monoisotopic (exact) mass is 442 g/mol. The van der Waals surface area contributed by atoms with Crippen LogP contribution in [-0.2, 0) is 6.54 Å². The van der Waals surface area contributed by atoms with Gasteiger partial charge in [0.1, 0.15) is 0 Å². The molecule has 0 spiro atoms. The molecule has 1 fully saturated rings. The van der Waals surface area contributed by atoms with E-state index in [9.17, 15) is 9.59 Å². The van der Waals surface area contributed by atoms with E-state index in [1.54, 1.807) is 19.2 Å². The summed E-state index contributed by atoms with van der Waals surface area (Å²) in [6, 6.07) is 23.0. The van der Waals surface area contributed by atoms with Crippen LogP contribution < -0.4 is 16.4 Å². The van der Waals surface area contributed by atoms with Crippen molar-refractivity contribution in [1.29, 1.82) is 0 Å². The van der Waals surface area contributed by atoms with Gasteiger partial charge in [-0.05, 0) is 79.4 Å². The summed E-state index contributed by atoms with van der Waals surface area (Å²) in [4.78, 5) is 26.7. The van der Waals surface area contributed by atoms with Gasteiger partial charge in [0.05, 0.1) is 11.4 Å². The Morgan fingerprint density at radius 2 is 1.48 bits per heavy atom. The highest BCUT2D eigenvalue weighted by Gasteiger charge is 2.21. The smallest absolute Gasteiger partial charge is 0.255 e. The minimum atomic E-state index is -0.156. The fourth-order valence-corrected chi connectivity index (χ4v) is 4.30. The highest BCUT2D eigenvalue weighted by molar-refractivity contribution is 6.05. The quantitative estimate of drug-likeness (QED) is 0.498. The number of carbonyl (C=O) groups is 2. The lowest BCUT2D eigenvalue weighted by molar-refractivity contribution is 0.0962. The normalized spacial score (nSPS) is 14.6. The highest BCUT2D eigenvalue weighted by Crippen LogP contribution is 2.29. The summed E-state index contributed by atoms with van der Waals surface area (Å²) in [7, 11) is 1.64. The first-order valence-corrected chi connectivity index (χ1v) is 11.3. The topological polar surface area (TPSA) is 87.5 Å². The van der Waals surface area contributed by atoms with Crippen LogP contribution in [0.4, 0.5) is 11.4 Å². The second kappa shape index (κ2) is 10.3. The third-order valence-electron chi connectivity index (χ3n) is 6.29. The minimum Gasteiger partial charge on any atom is -0.397 e. The van der Waals surface area contributed by atoms with Crippen molar-refractivity contribution in [3.63, 3.8) is 0 Å². The van der Waals surface area contributed by atoms with E-state index in [1.807, 2.05) is 48.5 Å². The molecule has 4 rings (SSSR count). The predicted octanol–water partition coefficient (Wildman–Crippen LogP) is 4.26. The molecular formula is C27H30N4O2. The molecule has 170 valence electrons. The van der Waals surface area contributed by atoms with Gasteiger partial charge in [0.2, 0.25) is 0 Å². The zero-order valence-electron chi connectivity index (χ0n) is 18.9. The van der Waals surface area contributed by atoms with Crippen molar-refractivity contribution < 1.29 is 9.59 Å². The maximum absolute atomic E-state index is 12.6. The Hall–Kier alpha value is -3.64. The molecule has 6 heteroatoms. The number of nitrogens with one attached hydrogen (secondary N) is 2. The van der Waals surface area contributed by atoms with Crippen LogP contribution in [0.5, 0.6) is 0 Å². The van der Waals surface area contributed by atoms with Gasteiger partial charge in [-0.15, -0.1) is 0 Å². The summed E-state index contributed by atoms with van der Waals surface area (Å²) in [5.41, 5.74) is 10.9. The van der Waals surface area contributed by atoms with Crippen LogP contribution in [0, 0.1) is 0 Å². The maximum Gasteiger partial charge on any atom is 0.255 e. The molecular weight excluding hydrogens is 412 g/mol. The lowest BCUT2D eigenvalue weighted by atomic mass is 9.89. The van der Waals surface area contributed by atoms with Crippen LogP contribution in [0.15, 0.2) is 72.8 Å². The second-order valence-corrected chi connectivity index (χ2v) is 8.49. The molecule has 0 radical (unpaired) electrons. The van der Waals surface area contributed by atoms with E-state index >= 15 is 0 Å². The molecule has 6 nitrogen and oxygen atoms in total. The lowest BCUT2D eigenvalue weighted by Gasteiger charge is -2.32. The average molecular weight is 443 g/mol. The standard InChI is InChI=1S/C27H30N4O2/c1-29-26(32)22-8-6-19(7-9-22)18-31-16-14-21(15-17-31)20-10-12-23(13-11-20)27(33)30-25-5-3-2-4-24(25)28/h2-13,21H,14-18,28H2,1H3,(H,29,32)(H,30,33). The van der Waals surface area contributed by atoms with Gasteiger partial charge in [0, 0.05) is 24.7 Å². The molecule has 1 heterocycles. The zero-order chi connectivity index (χ0) is 23.2. The summed E-state index contributed by atoms with van der Waals surface area (Å²) in [5.74, 6) is 0.283. The zero-order valence-corrected chi connectivity index (χ0v) is 18.9. The number of hydrogen-bond acceptors (Lipinski definition) is 4. The molecule has 4 N–H and O–H groups in total. The Bertz CT molecular complexity index is 1100. The summed E-state index contributed by atoms with van der Waals surface area (Å²) in [6.45, 7) is 2.94. The number of likely N-dealkylation sites (tertiary alicyclic amines) is 1. The number of amides is 2. The summed E-state index contributed by atoms with van der Waals surface area (Å²) >= 11 is 0. The number of nitrogens with two attached hydrogens (primary N) is 1. The third kappa shape index (κ3) is 5.59. The largest absolute Gasteiger partial charge is 0.397 e. The Balaban J connectivity index is 1.29. The van der Waals surface area contributed by atoms with Crippen LogP contribution >= 0.6 is 0 Å². The number of para-hydroxylation sites is 2. The third-order valence-corrected chi connectivity index (χ3v) is 6.29. The summed E-state index contributed by atoms with van der Waals surface area (Å²) < 4.78 is 0. The van der Waals surface area contributed by atoms with Gasteiger partial charge in [0.25, 0.3) is 11.8 Å². The minimum absolute atomic E-state index is 0.0601. The number of nitrogens with zero attached hydrogens (tertiary/aromatic N) is 1. The number of rotatable bonds is 6. The summed E-state index contributed by atoms with van der Waals surface area (Å²) in [5, 5.41) is 5.52. The number of piperidine rings is 1. The highest BCUT2D eigenvalue weighted by atomic mass is 16.2. The first-order valence-electron chi connectivity index (χ1n) is 11.3. The van der Waals surface area contributed by atoms with Gasteiger partial charge >= 0.3 is 0 Å². The van der Waals surface area contributed by atoms with Gasteiger partial charge in [-0.3, -0.25) is 14.5 Å². The molecule has 0 aromatic heterocycles. The molecule has 1 saturated heterocycles. The van der Waals surface area contributed by atoms with Crippen LogP contribution in [0.2, 0.25) is 0 Å². The van der Waals surface area contributed by atoms with Crippen molar-refractivity contribution in [1.82, 2.24) is 10.2 Å². The Kier molecular flexibility index (Phi) is 7.05. The molecule has 3 aromatic carbocycles. The molecule has 2 amide bonds. The lowest BCUT2D eigenvalue weighted by Crippen LogP contribution is -2.32. The number of benzene rings is 3. The van der Waals surface area contributed by atoms with Crippen molar-refractivity contribution in [2.75, 3.05) is 31.2 Å². The van der Waals surface area contributed by atoms with Crippen LogP contribution in [-0.4, -0.2) is 36.9 Å². The van der Waals surface area contributed by atoms with E-state index in [0.717, 1.165) is 32.5 Å². The SMILES string of the molecule is CNC(=O)c1ccc(CN2CCC(c3ccc(C(=O)Nc4ccccc4N)cc3)CC2)cc1. The maximum atomic E-state index is 12.6. The average Bonchev–Trinajstić information content (AvgIpc) is 2.86. The fraction of sp³-hybridized carbons (Fsp3) is 0.259. The first kappa shape index (κ1) is 22.6. The molecule has 1 aliphatic heterocycles. The van der Waals surface area contributed by atoms with Crippen LogP contribution in [0.25, 0.3) is 0 Å². The number of hydrogen-bond donors (Lipinski definition) is 3. The molecule has 0 bridgehead atoms. The van der Waals surface area contributed by atoms with Crippen molar-refractivity contribution in [2.45, 2.75) is 25.3 Å². The molecule has 0 atom stereocenters. The summed E-state index contributed by atoms with van der Waals surface area (Å²) in [6.07, 6.45) is 2.17. The number of carbonyl (C=O) groups excluding carboxylic acids is 2. The van der Waals surface area contributed by atoms with Crippen LogP contribution in [0.3, 0.4) is 0 Å². The van der Waals surface area contributed by atoms with Gasteiger partial charge in [-0.2, -0.15) is 0 Å². The van der Waals surface area contributed by atoms with Crippen molar-refractivity contribution in [3.8, 4) is 0 Å². The fourth-order valence-electron chi connectivity index (χ4n) is 4.30. The van der Waals surface area contributed by atoms with Gasteiger partial charge in [-0.25, -0.2) is 0 Å². The molecule has 0 saturated carbocycles. The van der Waals surface area contributed by atoms with Crippen LogP contribution in [0.1, 0.15) is 50.6 Å². The van der Waals surface area contributed by atoms with Crippen molar-refractivity contribution in [2.24, 2.45) is 0 Å². The Morgan fingerprint density at radius 1 is 0.879 bits per heavy atom. The number of anilines is 2. The first-order chi connectivity index (χ1) is 16.0. The van der Waals surface area contributed by atoms with E-state index in [4.69, 9.17) is 5.73 Å². The molecule has 0 unspecified atom stereocenters. The Morgan fingerprint density at radius 3 is 2.12 bits per heavy atom. The number of nitrogen functional groups attached to an aromatic ring is 1. The van der Waals surface area contributed by atoms with Crippen molar-refractivity contribution in [3.05, 3.63) is 95.1 Å². The van der Waals surface area contributed by atoms with Gasteiger partial charge in [0.15, 0.2) is 0 Å². The molecule has 0 aliphatic carbocycles. The van der Waals surface area contributed by atoms with E-state index in [1.165, 1.54) is 11.1 Å². The van der Waals surface area contributed by atoms with E-state index in [-0.39, 0.29) is 11.8 Å². The van der Waals surface area contributed by atoms with Gasteiger partial charge in [-0.1, -0.05) is 36.4 Å².